The molecule has 0 spiro atoms. The lowest BCUT2D eigenvalue weighted by Gasteiger charge is -1.98. The van der Waals surface area contributed by atoms with Crippen LogP contribution in [0, 0.1) is 0 Å². The van der Waals surface area contributed by atoms with Crippen LogP contribution in [0.25, 0.3) is 11.0 Å². The van der Waals surface area contributed by atoms with Gasteiger partial charge in [-0.1, -0.05) is 13.0 Å². The van der Waals surface area contributed by atoms with Crippen LogP contribution in [0.5, 0.6) is 0 Å². The molecule has 0 bridgehead atoms. The molecule has 0 saturated heterocycles. The zero-order chi connectivity index (χ0) is 9.26. The van der Waals surface area contributed by atoms with Crippen LogP contribution in [-0.2, 0) is 6.42 Å². The monoisotopic (exact) mass is 193 g/mol. The van der Waals surface area contributed by atoms with Crippen molar-refractivity contribution in [2.24, 2.45) is 0 Å². The van der Waals surface area contributed by atoms with Gasteiger partial charge >= 0.3 is 0 Å². The molecular formula is C9H8ClN3. The first-order valence-corrected chi connectivity index (χ1v) is 4.46. The summed E-state index contributed by atoms with van der Waals surface area (Å²) in [7, 11) is 0. The van der Waals surface area contributed by atoms with Crippen molar-refractivity contribution >= 4 is 22.6 Å². The Hall–Kier alpha value is -1.22. The lowest BCUT2D eigenvalue weighted by molar-refractivity contribution is 1.02. The molecule has 0 radical (unpaired) electrons. The van der Waals surface area contributed by atoms with E-state index >= 15 is 0 Å². The van der Waals surface area contributed by atoms with E-state index < -0.39 is 0 Å². The molecule has 0 fully saturated rings. The van der Waals surface area contributed by atoms with Crippen LogP contribution in [0.4, 0.5) is 0 Å². The zero-order valence-electron chi connectivity index (χ0n) is 7.16. The Bertz CT molecular complexity index is 442. The molecule has 1 aromatic carbocycles. The average molecular weight is 194 g/mol. The van der Waals surface area contributed by atoms with Gasteiger partial charge in [-0.3, -0.25) is 0 Å². The van der Waals surface area contributed by atoms with Gasteiger partial charge in [-0.25, -0.2) is 4.98 Å². The molecule has 0 saturated carbocycles. The molecule has 0 atom stereocenters. The van der Waals surface area contributed by atoms with Gasteiger partial charge in [0.2, 0.25) is 5.28 Å². The number of aromatic nitrogens is 3. The van der Waals surface area contributed by atoms with E-state index in [4.69, 9.17) is 11.6 Å². The van der Waals surface area contributed by atoms with Crippen molar-refractivity contribution in [3.63, 3.8) is 0 Å². The number of aryl methyl sites for hydroxylation is 1. The highest BCUT2D eigenvalue weighted by Gasteiger charge is 1.99. The molecule has 66 valence electrons. The molecule has 0 N–H and O–H groups in total. The number of nitrogens with zero attached hydrogens (tertiary/aromatic N) is 3. The van der Waals surface area contributed by atoms with Crippen LogP contribution in [0.2, 0.25) is 5.28 Å². The third-order valence-corrected chi connectivity index (χ3v) is 2.06. The van der Waals surface area contributed by atoms with E-state index in [1.54, 1.807) is 0 Å². The van der Waals surface area contributed by atoms with Gasteiger partial charge in [0.15, 0.2) is 0 Å². The third kappa shape index (κ3) is 1.60. The number of fused-ring (bicyclic) bond motifs is 1. The van der Waals surface area contributed by atoms with Gasteiger partial charge in [0, 0.05) is 0 Å². The molecule has 1 aromatic heterocycles. The second kappa shape index (κ2) is 3.26. The van der Waals surface area contributed by atoms with Crippen LogP contribution >= 0.6 is 11.6 Å². The molecule has 0 amide bonds. The third-order valence-electron chi connectivity index (χ3n) is 1.90. The minimum absolute atomic E-state index is 0.195. The van der Waals surface area contributed by atoms with Gasteiger partial charge in [0.05, 0.1) is 5.52 Å². The van der Waals surface area contributed by atoms with Crippen molar-refractivity contribution in [2.45, 2.75) is 13.3 Å². The van der Waals surface area contributed by atoms with Crippen LogP contribution in [-0.4, -0.2) is 15.2 Å². The van der Waals surface area contributed by atoms with Gasteiger partial charge in [0.25, 0.3) is 0 Å². The smallest absolute Gasteiger partial charge is 0.215 e. The SMILES string of the molecule is CCc1ccc2nnc(Cl)nc2c1. The largest absolute Gasteiger partial charge is 0.243 e. The summed E-state index contributed by atoms with van der Waals surface area (Å²) < 4.78 is 0. The molecule has 0 aliphatic rings. The van der Waals surface area contributed by atoms with Crippen LogP contribution < -0.4 is 0 Å². The molecule has 1 heterocycles. The van der Waals surface area contributed by atoms with Crippen molar-refractivity contribution in [2.75, 3.05) is 0 Å². The van der Waals surface area contributed by atoms with E-state index in [9.17, 15) is 0 Å². The van der Waals surface area contributed by atoms with Gasteiger partial charge in [-0.15, -0.1) is 10.2 Å². The summed E-state index contributed by atoms with van der Waals surface area (Å²) in [5.41, 5.74) is 2.81. The maximum absolute atomic E-state index is 5.63. The molecule has 4 heteroatoms. The van der Waals surface area contributed by atoms with E-state index in [2.05, 4.69) is 22.1 Å². The van der Waals surface area contributed by atoms with E-state index in [1.807, 2.05) is 18.2 Å². The predicted octanol–water partition coefficient (Wildman–Crippen LogP) is 2.24. The van der Waals surface area contributed by atoms with Gasteiger partial charge in [0.1, 0.15) is 5.52 Å². The summed E-state index contributed by atoms with van der Waals surface area (Å²) in [4.78, 5) is 4.08. The second-order valence-electron chi connectivity index (χ2n) is 2.76. The van der Waals surface area contributed by atoms with Crippen molar-refractivity contribution in [1.82, 2.24) is 15.2 Å². The first kappa shape index (κ1) is 8.38. The van der Waals surface area contributed by atoms with Crippen LogP contribution in [0.3, 0.4) is 0 Å². The minimum Gasteiger partial charge on any atom is -0.215 e. The second-order valence-corrected chi connectivity index (χ2v) is 3.10. The fourth-order valence-corrected chi connectivity index (χ4v) is 1.31. The highest BCUT2D eigenvalue weighted by atomic mass is 35.5. The minimum atomic E-state index is 0.195. The molecule has 2 rings (SSSR count). The Morgan fingerprint density at radius 3 is 2.85 bits per heavy atom. The van der Waals surface area contributed by atoms with Gasteiger partial charge in [-0.2, -0.15) is 0 Å². The Kier molecular flexibility index (Phi) is 2.10. The van der Waals surface area contributed by atoms with E-state index in [-0.39, 0.29) is 5.28 Å². The fourth-order valence-electron chi connectivity index (χ4n) is 1.18. The highest BCUT2D eigenvalue weighted by molar-refractivity contribution is 6.28. The van der Waals surface area contributed by atoms with Crippen molar-refractivity contribution in [1.29, 1.82) is 0 Å². The van der Waals surface area contributed by atoms with Crippen LogP contribution in [0.15, 0.2) is 18.2 Å². The summed E-state index contributed by atoms with van der Waals surface area (Å²) in [6.45, 7) is 2.09. The van der Waals surface area contributed by atoms with Crippen molar-refractivity contribution in [3.05, 3.63) is 29.0 Å². The molecular weight excluding hydrogens is 186 g/mol. The van der Waals surface area contributed by atoms with Gasteiger partial charge in [-0.05, 0) is 35.7 Å². The lowest BCUT2D eigenvalue weighted by atomic mass is 10.1. The van der Waals surface area contributed by atoms with E-state index in [1.165, 1.54) is 5.56 Å². The summed E-state index contributed by atoms with van der Waals surface area (Å²) in [6.07, 6.45) is 0.984. The molecule has 0 aliphatic heterocycles. The lowest BCUT2D eigenvalue weighted by Crippen LogP contribution is -1.90. The van der Waals surface area contributed by atoms with Crippen molar-refractivity contribution in [3.8, 4) is 0 Å². The molecule has 0 unspecified atom stereocenters. The van der Waals surface area contributed by atoms with Crippen LogP contribution in [0.1, 0.15) is 12.5 Å². The maximum atomic E-state index is 5.63. The predicted molar refractivity (Wildman–Crippen MR) is 51.7 cm³/mol. The van der Waals surface area contributed by atoms with Gasteiger partial charge < -0.3 is 0 Å². The van der Waals surface area contributed by atoms with E-state index in [0.717, 1.165) is 17.5 Å². The first-order valence-electron chi connectivity index (χ1n) is 4.08. The summed E-state index contributed by atoms with van der Waals surface area (Å²) in [5, 5.41) is 7.77. The molecule has 3 nitrogen and oxygen atoms in total. The first-order chi connectivity index (χ1) is 6.29. The zero-order valence-corrected chi connectivity index (χ0v) is 7.91. The number of hydrogen-bond acceptors (Lipinski definition) is 3. The normalized spacial score (nSPS) is 10.6. The average Bonchev–Trinajstić information content (AvgIpc) is 2.16. The Morgan fingerprint density at radius 2 is 2.08 bits per heavy atom. The summed E-state index contributed by atoms with van der Waals surface area (Å²) >= 11 is 5.63. The molecule has 13 heavy (non-hydrogen) atoms. The Labute approximate surface area is 80.8 Å². The number of benzene rings is 1. The van der Waals surface area contributed by atoms with Crippen molar-refractivity contribution < 1.29 is 0 Å². The summed E-state index contributed by atoms with van der Waals surface area (Å²) in [5.74, 6) is 0. The molecule has 0 aliphatic carbocycles. The highest BCUT2D eigenvalue weighted by Crippen LogP contribution is 2.12. The summed E-state index contributed by atoms with van der Waals surface area (Å²) in [6, 6.07) is 5.91. The number of hydrogen-bond donors (Lipinski definition) is 0. The Morgan fingerprint density at radius 1 is 1.23 bits per heavy atom. The molecule has 2 aromatic rings. The maximum Gasteiger partial charge on any atom is 0.243 e. The quantitative estimate of drug-likeness (QED) is 0.697. The Balaban J connectivity index is 2.68. The number of halogens is 1. The fraction of sp³-hybridized carbons (Fsp3) is 0.222. The number of rotatable bonds is 1. The topological polar surface area (TPSA) is 38.7 Å². The standard InChI is InChI=1S/C9H8ClN3/c1-2-6-3-4-7-8(5-6)11-9(10)13-12-7/h3-5H,2H2,1H3. The van der Waals surface area contributed by atoms with E-state index in [0.29, 0.717) is 0 Å².